The summed E-state index contributed by atoms with van der Waals surface area (Å²) in [6, 6.07) is 16.8. The van der Waals surface area contributed by atoms with E-state index >= 15 is 0 Å². The number of amides is 2. The lowest BCUT2D eigenvalue weighted by molar-refractivity contribution is -0.140. The van der Waals surface area contributed by atoms with Crippen LogP contribution in [-0.4, -0.2) is 35.9 Å². The number of hydrogen-bond donors (Lipinski definition) is 1. The van der Waals surface area contributed by atoms with Crippen LogP contribution < -0.4 is 10.1 Å². The van der Waals surface area contributed by atoms with Crippen LogP contribution in [0.5, 0.6) is 5.75 Å². The number of benzene rings is 2. The van der Waals surface area contributed by atoms with Crippen molar-refractivity contribution in [2.45, 2.75) is 52.1 Å². The second kappa shape index (κ2) is 13.1. The second-order valence-corrected chi connectivity index (χ2v) is 8.15. The number of halogens is 1. The summed E-state index contributed by atoms with van der Waals surface area (Å²) < 4.78 is 6.64. The van der Waals surface area contributed by atoms with Crippen molar-refractivity contribution in [2.24, 2.45) is 0 Å². The second-order valence-electron chi connectivity index (χ2n) is 7.24. The van der Waals surface area contributed by atoms with Crippen LogP contribution in [0, 0.1) is 0 Å². The number of hydrogen-bond acceptors (Lipinski definition) is 3. The Morgan fingerprint density at radius 2 is 1.87 bits per heavy atom. The molecule has 6 heteroatoms. The molecule has 0 aliphatic heterocycles. The number of nitrogens with one attached hydrogen (secondary N) is 1. The fraction of sp³-hybridized carbons (Fsp3) is 0.417. The summed E-state index contributed by atoms with van der Waals surface area (Å²) in [6.45, 7) is 5.34. The first-order valence-corrected chi connectivity index (χ1v) is 11.3. The van der Waals surface area contributed by atoms with Gasteiger partial charge in [-0.1, -0.05) is 59.6 Å². The van der Waals surface area contributed by atoms with E-state index < -0.39 is 6.04 Å². The molecule has 162 valence electrons. The number of ether oxygens (including phenoxy) is 1. The Kier molecular flexibility index (Phi) is 10.4. The van der Waals surface area contributed by atoms with Gasteiger partial charge in [-0.2, -0.15) is 0 Å². The maximum Gasteiger partial charge on any atom is 0.242 e. The largest absolute Gasteiger partial charge is 0.494 e. The van der Waals surface area contributed by atoms with Crippen LogP contribution in [0.25, 0.3) is 0 Å². The predicted molar refractivity (Wildman–Crippen MR) is 123 cm³/mol. The summed E-state index contributed by atoms with van der Waals surface area (Å²) >= 11 is 3.47. The molecule has 0 aliphatic rings. The zero-order valence-electron chi connectivity index (χ0n) is 17.8. The van der Waals surface area contributed by atoms with Crippen LogP contribution in [0.2, 0.25) is 0 Å². The Morgan fingerprint density at radius 3 is 2.57 bits per heavy atom. The van der Waals surface area contributed by atoms with Crippen molar-refractivity contribution in [3.63, 3.8) is 0 Å². The van der Waals surface area contributed by atoms with Gasteiger partial charge in [-0.3, -0.25) is 9.59 Å². The van der Waals surface area contributed by atoms with Crippen molar-refractivity contribution >= 4 is 27.7 Å². The van der Waals surface area contributed by atoms with Gasteiger partial charge in [0.05, 0.1) is 6.61 Å². The minimum atomic E-state index is -0.539. The third kappa shape index (κ3) is 8.19. The van der Waals surface area contributed by atoms with Crippen molar-refractivity contribution < 1.29 is 14.3 Å². The highest BCUT2D eigenvalue weighted by Crippen LogP contribution is 2.17. The van der Waals surface area contributed by atoms with Crippen LogP contribution in [0.3, 0.4) is 0 Å². The lowest BCUT2D eigenvalue weighted by Gasteiger charge is -2.29. The van der Waals surface area contributed by atoms with Crippen LogP contribution in [0.4, 0.5) is 0 Å². The van der Waals surface area contributed by atoms with Crippen molar-refractivity contribution in [2.75, 3.05) is 13.2 Å². The standard InChI is InChI=1S/C24H31BrN2O3/c1-3-4-15-26-24(29)19(2)27(18-20-10-8-11-21(25)17-20)23(28)14-9-16-30-22-12-6-5-7-13-22/h5-8,10-13,17,19H,3-4,9,14-16,18H2,1-2H3,(H,26,29)/t19-/m0/s1. The third-order valence-corrected chi connectivity index (χ3v) is 5.28. The predicted octanol–water partition coefficient (Wildman–Crippen LogP) is 4.94. The quantitative estimate of drug-likeness (QED) is 0.443. The minimum absolute atomic E-state index is 0.0511. The maximum absolute atomic E-state index is 13.0. The van der Waals surface area contributed by atoms with Crippen LogP contribution in [-0.2, 0) is 16.1 Å². The lowest BCUT2D eigenvalue weighted by Crippen LogP contribution is -2.47. The third-order valence-electron chi connectivity index (χ3n) is 4.79. The molecule has 0 heterocycles. The number of nitrogens with zero attached hydrogens (tertiary/aromatic N) is 1. The maximum atomic E-state index is 13.0. The lowest BCUT2D eigenvalue weighted by atomic mass is 10.1. The van der Waals surface area contributed by atoms with Gasteiger partial charge in [0.1, 0.15) is 11.8 Å². The van der Waals surface area contributed by atoms with Gasteiger partial charge in [-0.25, -0.2) is 0 Å². The van der Waals surface area contributed by atoms with E-state index in [1.54, 1.807) is 11.8 Å². The van der Waals surface area contributed by atoms with Gasteiger partial charge in [-0.15, -0.1) is 0 Å². The molecular formula is C24H31BrN2O3. The molecule has 0 saturated carbocycles. The first kappa shape index (κ1) is 23.9. The SMILES string of the molecule is CCCCNC(=O)[C@H](C)N(Cc1cccc(Br)c1)C(=O)CCCOc1ccccc1. The fourth-order valence-corrected chi connectivity index (χ4v) is 3.47. The smallest absolute Gasteiger partial charge is 0.242 e. The van der Waals surface area contributed by atoms with Crippen molar-refractivity contribution in [3.8, 4) is 5.75 Å². The highest BCUT2D eigenvalue weighted by molar-refractivity contribution is 9.10. The Hall–Kier alpha value is -2.34. The molecule has 1 N–H and O–H groups in total. The topological polar surface area (TPSA) is 58.6 Å². The molecule has 2 rings (SSSR count). The molecule has 1 atom stereocenters. The summed E-state index contributed by atoms with van der Waals surface area (Å²) in [4.78, 5) is 27.3. The van der Waals surface area contributed by atoms with E-state index in [1.807, 2.05) is 54.6 Å². The molecule has 2 aromatic carbocycles. The van der Waals surface area contributed by atoms with Gasteiger partial charge in [-0.05, 0) is 49.6 Å². The molecule has 0 unspecified atom stereocenters. The molecule has 0 fully saturated rings. The van der Waals surface area contributed by atoms with E-state index in [1.165, 1.54) is 0 Å². The monoisotopic (exact) mass is 474 g/mol. The molecule has 30 heavy (non-hydrogen) atoms. The van der Waals surface area contributed by atoms with Gasteiger partial charge in [0, 0.05) is 24.0 Å². The molecular weight excluding hydrogens is 444 g/mol. The Morgan fingerprint density at radius 1 is 1.10 bits per heavy atom. The average Bonchev–Trinajstić information content (AvgIpc) is 2.75. The summed E-state index contributed by atoms with van der Waals surface area (Å²) in [5.41, 5.74) is 0.978. The van der Waals surface area contributed by atoms with Crippen molar-refractivity contribution in [1.29, 1.82) is 0 Å². The first-order chi connectivity index (χ1) is 14.5. The van der Waals surface area contributed by atoms with Gasteiger partial charge in [0.15, 0.2) is 0 Å². The van der Waals surface area contributed by atoms with Crippen LogP contribution in [0.1, 0.15) is 45.1 Å². The normalized spacial score (nSPS) is 11.6. The summed E-state index contributed by atoms with van der Waals surface area (Å²) in [6.07, 6.45) is 2.85. The highest BCUT2D eigenvalue weighted by Gasteiger charge is 2.25. The molecule has 0 spiro atoms. The van der Waals surface area contributed by atoms with Gasteiger partial charge in [0.2, 0.25) is 11.8 Å². The number of para-hydroxylation sites is 1. The van der Waals surface area contributed by atoms with E-state index in [0.29, 0.717) is 32.5 Å². The van der Waals surface area contributed by atoms with E-state index in [-0.39, 0.29) is 11.8 Å². The Labute approximate surface area is 187 Å². The summed E-state index contributed by atoms with van der Waals surface area (Å²) in [5, 5.41) is 2.94. The van der Waals surface area contributed by atoms with Crippen LogP contribution in [0.15, 0.2) is 59.1 Å². The molecule has 0 saturated heterocycles. The number of rotatable bonds is 12. The molecule has 0 aromatic heterocycles. The first-order valence-electron chi connectivity index (χ1n) is 10.5. The average molecular weight is 475 g/mol. The van der Waals surface area contributed by atoms with Gasteiger partial charge >= 0.3 is 0 Å². The highest BCUT2D eigenvalue weighted by atomic mass is 79.9. The van der Waals surface area contributed by atoms with Gasteiger partial charge in [0.25, 0.3) is 0 Å². The molecule has 0 aliphatic carbocycles. The molecule has 0 radical (unpaired) electrons. The summed E-state index contributed by atoms with van der Waals surface area (Å²) in [5.74, 6) is 0.622. The minimum Gasteiger partial charge on any atom is -0.494 e. The van der Waals surface area contributed by atoms with E-state index in [2.05, 4.69) is 28.2 Å². The zero-order valence-corrected chi connectivity index (χ0v) is 19.4. The van der Waals surface area contributed by atoms with Crippen LogP contribution >= 0.6 is 15.9 Å². The molecule has 2 amide bonds. The van der Waals surface area contributed by atoms with Crippen molar-refractivity contribution in [1.82, 2.24) is 10.2 Å². The fourth-order valence-electron chi connectivity index (χ4n) is 3.02. The molecule has 5 nitrogen and oxygen atoms in total. The number of unbranched alkanes of at least 4 members (excludes halogenated alkanes) is 1. The van der Waals surface area contributed by atoms with E-state index in [4.69, 9.17) is 4.74 Å². The number of carbonyl (C=O) groups is 2. The molecule has 2 aromatic rings. The van der Waals surface area contributed by atoms with E-state index in [9.17, 15) is 9.59 Å². The van der Waals surface area contributed by atoms with Crippen molar-refractivity contribution in [3.05, 3.63) is 64.6 Å². The van der Waals surface area contributed by atoms with E-state index in [0.717, 1.165) is 28.6 Å². The molecule has 0 bridgehead atoms. The van der Waals surface area contributed by atoms with Gasteiger partial charge < -0.3 is 15.0 Å². The Bertz CT molecular complexity index is 798. The Balaban J connectivity index is 1.97. The zero-order chi connectivity index (χ0) is 21.8. The number of carbonyl (C=O) groups excluding carboxylic acids is 2. The summed E-state index contributed by atoms with van der Waals surface area (Å²) in [7, 11) is 0.